The lowest BCUT2D eigenvalue weighted by atomic mass is 9.68. The fourth-order valence-corrected chi connectivity index (χ4v) is 11.1. The van der Waals surface area contributed by atoms with E-state index in [1.54, 1.807) is 0 Å². The summed E-state index contributed by atoms with van der Waals surface area (Å²) in [5, 5.41) is 9.23. The molecule has 256 valence electrons. The van der Waals surface area contributed by atoms with Gasteiger partial charge in [-0.25, -0.2) is 0 Å². The van der Waals surface area contributed by atoms with Gasteiger partial charge in [0.25, 0.3) is 0 Å². The summed E-state index contributed by atoms with van der Waals surface area (Å²) in [5.41, 5.74) is 13.9. The first kappa shape index (κ1) is 31.3. The second kappa shape index (κ2) is 11.4. The Kier molecular flexibility index (Phi) is 6.60. The first-order valence-corrected chi connectivity index (χ1v) is 22.6. The monoisotopic (exact) mass is 705 g/mol. The molecular weight excluding hydrogens is 667 g/mol. The maximum absolute atomic E-state index is 2.55. The summed E-state index contributed by atoms with van der Waals surface area (Å²) < 4.78 is 0. The number of hydrogen-bond acceptors (Lipinski definition) is 1. The molecule has 1 spiro atoms. The fraction of sp³-hybridized carbons (Fsp3) is 0.0769. The molecule has 9 aromatic carbocycles. The molecule has 0 unspecified atom stereocenters. The van der Waals surface area contributed by atoms with Crippen LogP contribution in [0.25, 0.3) is 54.6 Å². The minimum Gasteiger partial charge on any atom is -0.310 e. The van der Waals surface area contributed by atoms with E-state index < -0.39 is 13.5 Å². The van der Waals surface area contributed by atoms with Crippen LogP contribution in [0.3, 0.4) is 0 Å². The first-order chi connectivity index (χ1) is 26.5. The Labute approximate surface area is 317 Å². The molecule has 0 saturated heterocycles. The minimum atomic E-state index is -1.60. The van der Waals surface area contributed by atoms with Crippen molar-refractivity contribution >= 4 is 62.6 Å². The van der Waals surface area contributed by atoms with Crippen molar-refractivity contribution in [1.29, 1.82) is 0 Å². The van der Waals surface area contributed by atoms with Crippen molar-refractivity contribution in [1.82, 2.24) is 0 Å². The topological polar surface area (TPSA) is 3.24 Å². The predicted molar refractivity (Wildman–Crippen MR) is 233 cm³/mol. The SMILES string of the molecule is C[Si](C)(C)c1cccc(N(c2ccccc2)c2cc3c(c4ccccc24)C2(c4ccccc4-c4ccccc42)c2c-3c3ccccc3c3ccccc23)c1. The molecule has 0 fully saturated rings. The Balaban J connectivity index is 1.36. The normalized spacial score (nSPS) is 13.6. The van der Waals surface area contributed by atoms with Gasteiger partial charge < -0.3 is 4.90 Å². The molecule has 2 aliphatic rings. The Hall–Kier alpha value is -6.22. The van der Waals surface area contributed by atoms with Gasteiger partial charge in [0.15, 0.2) is 0 Å². The molecule has 0 amide bonds. The fourth-order valence-electron chi connectivity index (χ4n) is 9.97. The van der Waals surface area contributed by atoms with E-state index in [2.05, 4.69) is 207 Å². The quantitative estimate of drug-likeness (QED) is 0.130. The standard InChI is InChI=1S/C52H39NSi/c1-54(2,3)36-21-17-20-35(32-36)53(34-18-5-4-6-19-34)48-33-45-49-42-27-10-7-22-37(42)38-23-8-11-28-43(38)51(49)52(50(45)44-29-12-9-26-41(44)48)46-30-15-13-24-39(46)40-25-14-16-31-47(40)52/h4-33H,1-3H3. The van der Waals surface area contributed by atoms with Crippen LogP contribution in [0.1, 0.15) is 22.3 Å². The molecule has 0 atom stereocenters. The van der Waals surface area contributed by atoms with E-state index in [1.165, 1.54) is 93.4 Å². The van der Waals surface area contributed by atoms with Crippen LogP contribution in [0.2, 0.25) is 19.6 Å². The number of nitrogens with zero attached hydrogens (tertiary/aromatic N) is 1. The Bertz CT molecular complexity index is 2940. The number of hydrogen-bond donors (Lipinski definition) is 0. The van der Waals surface area contributed by atoms with Crippen molar-refractivity contribution < 1.29 is 0 Å². The minimum absolute atomic E-state index is 0.505. The van der Waals surface area contributed by atoms with Gasteiger partial charge in [-0.05, 0) is 102 Å². The highest BCUT2D eigenvalue weighted by Crippen LogP contribution is 2.67. The Morgan fingerprint density at radius 1 is 0.389 bits per heavy atom. The summed E-state index contributed by atoms with van der Waals surface area (Å²) in [5.74, 6) is 0. The highest BCUT2D eigenvalue weighted by molar-refractivity contribution is 6.88. The number of para-hydroxylation sites is 1. The van der Waals surface area contributed by atoms with Crippen LogP contribution in [0.4, 0.5) is 17.1 Å². The van der Waals surface area contributed by atoms with Crippen molar-refractivity contribution in [3.8, 4) is 22.3 Å². The molecule has 9 aromatic rings. The highest BCUT2D eigenvalue weighted by atomic mass is 28.3. The maximum atomic E-state index is 2.55. The van der Waals surface area contributed by atoms with Crippen LogP contribution in [-0.2, 0) is 5.41 Å². The molecule has 2 heteroatoms. The molecule has 0 bridgehead atoms. The van der Waals surface area contributed by atoms with Crippen LogP contribution in [-0.4, -0.2) is 8.07 Å². The average Bonchev–Trinajstić information content (AvgIpc) is 3.69. The third kappa shape index (κ3) is 4.15. The van der Waals surface area contributed by atoms with E-state index >= 15 is 0 Å². The van der Waals surface area contributed by atoms with E-state index in [9.17, 15) is 0 Å². The zero-order valence-corrected chi connectivity index (χ0v) is 31.8. The van der Waals surface area contributed by atoms with E-state index in [1.807, 2.05) is 0 Å². The van der Waals surface area contributed by atoms with E-state index in [0.717, 1.165) is 5.69 Å². The van der Waals surface area contributed by atoms with Gasteiger partial charge >= 0.3 is 0 Å². The Morgan fingerprint density at radius 2 is 0.889 bits per heavy atom. The van der Waals surface area contributed by atoms with Crippen LogP contribution >= 0.6 is 0 Å². The zero-order chi connectivity index (χ0) is 36.2. The van der Waals surface area contributed by atoms with Crippen molar-refractivity contribution in [2.24, 2.45) is 0 Å². The van der Waals surface area contributed by atoms with Crippen LogP contribution in [0.15, 0.2) is 182 Å². The molecule has 0 radical (unpaired) electrons. The molecule has 0 N–H and O–H groups in total. The summed E-state index contributed by atoms with van der Waals surface area (Å²) in [6.45, 7) is 7.31. The summed E-state index contributed by atoms with van der Waals surface area (Å²) in [4.78, 5) is 2.51. The highest BCUT2D eigenvalue weighted by Gasteiger charge is 2.54. The lowest BCUT2D eigenvalue weighted by molar-refractivity contribution is 0.809. The lowest BCUT2D eigenvalue weighted by Gasteiger charge is -2.34. The summed E-state index contributed by atoms with van der Waals surface area (Å²) in [6, 6.07) is 68.6. The van der Waals surface area contributed by atoms with Gasteiger partial charge in [0.2, 0.25) is 0 Å². The van der Waals surface area contributed by atoms with Gasteiger partial charge in [-0.2, -0.15) is 0 Å². The van der Waals surface area contributed by atoms with Crippen molar-refractivity contribution in [3.63, 3.8) is 0 Å². The van der Waals surface area contributed by atoms with Crippen molar-refractivity contribution in [2.75, 3.05) is 4.90 Å². The number of anilines is 3. The summed E-state index contributed by atoms with van der Waals surface area (Å²) in [7, 11) is -1.60. The van der Waals surface area contributed by atoms with Gasteiger partial charge in [0.1, 0.15) is 0 Å². The van der Waals surface area contributed by atoms with Gasteiger partial charge in [-0.3, -0.25) is 0 Å². The van der Waals surface area contributed by atoms with Crippen molar-refractivity contribution in [3.05, 3.63) is 204 Å². The van der Waals surface area contributed by atoms with E-state index in [-0.39, 0.29) is 0 Å². The average molecular weight is 706 g/mol. The third-order valence-corrected chi connectivity index (χ3v) is 14.2. The van der Waals surface area contributed by atoms with E-state index in [0.29, 0.717) is 0 Å². The number of rotatable bonds is 4. The molecule has 0 saturated carbocycles. The largest absolute Gasteiger partial charge is 0.310 e. The summed E-state index contributed by atoms with van der Waals surface area (Å²) >= 11 is 0. The van der Waals surface area contributed by atoms with Crippen LogP contribution in [0.5, 0.6) is 0 Å². The molecule has 1 nitrogen and oxygen atoms in total. The van der Waals surface area contributed by atoms with Gasteiger partial charge in [-0.15, -0.1) is 0 Å². The second-order valence-corrected chi connectivity index (χ2v) is 21.1. The molecular formula is C52H39NSi. The molecule has 11 rings (SSSR count). The number of fused-ring (bicyclic) bond motifs is 17. The number of benzene rings is 9. The smallest absolute Gasteiger partial charge is 0.0776 e. The summed E-state index contributed by atoms with van der Waals surface area (Å²) in [6.07, 6.45) is 0. The lowest BCUT2D eigenvalue weighted by Crippen LogP contribution is -2.37. The molecule has 54 heavy (non-hydrogen) atoms. The van der Waals surface area contributed by atoms with Gasteiger partial charge in [-0.1, -0.05) is 176 Å². The second-order valence-electron chi connectivity index (χ2n) is 16.0. The zero-order valence-electron chi connectivity index (χ0n) is 30.8. The molecule has 2 aliphatic carbocycles. The van der Waals surface area contributed by atoms with Gasteiger partial charge in [0, 0.05) is 16.8 Å². The van der Waals surface area contributed by atoms with Crippen LogP contribution in [0, 0.1) is 0 Å². The molecule has 0 aliphatic heterocycles. The van der Waals surface area contributed by atoms with Crippen molar-refractivity contribution in [2.45, 2.75) is 25.1 Å². The predicted octanol–water partition coefficient (Wildman–Crippen LogP) is 13.5. The van der Waals surface area contributed by atoms with E-state index in [4.69, 9.17) is 0 Å². The molecule has 0 aromatic heterocycles. The maximum Gasteiger partial charge on any atom is 0.0776 e. The molecule has 0 heterocycles. The third-order valence-electron chi connectivity index (χ3n) is 12.2. The first-order valence-electron chi connectivity index (χ1n) is 19.1. The van der Waals surface area contributed by atoms with Gasteiger partial charge in [0.05, 0.1) is 19.2 Å². The van der Waals surface area contributed by atoms with Crippen LogP contribution < -0.4 is 10.1 Å². The Morgan fingerprint density at radius 3 is 1.54 bits per heavy atom.